The summed E-state index contributed by atoms with van der Waals surface area (Å²) in [6, 6.07) is 0. The molecular formula is C12H22O. The fourth-order valence-electron chi connectivity index (χ4n) is 2.45. The van der Waals surface area contributed by atoms with Crippen LogP contribution in [0.2, 0.25) is 0 Å². The van der Waals surface area contributed by atoms with Crippen LogP contribution in [-0.4, -0.2) is 6.29 Å². The van der Waals surface area contributed by atoms with Crippen molar-refractivity contribution in [1.82, 2.24) is 0 Å². The van der Waals surface area contributed by atoms with Gasteiger partial charge in [0.15, 0.2) is 0 Å². The third-order valence-corrected chi connectivity index (χ3v) is 3.72. The van der Waals surface area contributed by atoms with Crippen LogP contribution in [0.1, 0.15) is 46.5 Å². The van der Waals surface area contributed by atoms with Crippen LogP contribution in [0, 0.1) is 23.7 Å². The van der Waals surface area contributed by atoms with Crippen molar-refractivity contribution in [1.29, 1.82) is 0 Å². The summed E-state index contributed by atoms with van der Waals surface area (Å²) in [6.07, 6.45) is 6.33. The lowest BCUT2D eigenvalue weighted by Crippen LogP contribution is -2.23. The Bertz CT molecular complexity index is 155. The summed E-state index contributed by atoms with van der Waals surface area (Å²) in [5.41, 5.74) is 0. The SMILES string of the molecule is CC(C)C1CCC(C(C)C=O)CC1. The van der Waals surface area contributed by atoms with Gasteiger partial charge in [-0.3, -0.25) is 0 Å². The average Bonchev–Trinajstić information content (AvgIpc) is 2.17. The summed E-state index contributed by atoms with van der Waals surface area (Å²) in [4.78, 5) is 10.6. The van der Waals surface area contributed by atoms with Crippen LogP contribution < -0.4 is 0 Å². The third-order valence-electron chi connectivity index (χ3n) is 3.72. The van der Waals surface area contributed by atoms with Crippen molar-refractivity contribution >= 4 is 6.29 Å². The van der Waals surface area contributed by atoms with E-state index in [9.17, 15) is 4.79 Å². The van der Waals surface area contributed by atoms with Crippen molar-refractivity contribution in [3.63, 3.8) is 0 Å². The van der Waals surface area contributed by atoms with E-state index >= 15 is 0 Å². The van der Waals surface area contributed by atoms with Gasteiger partial charge in [-0.15, -0.1) is 0 Å². The summed E-state index contributed by atoms with van der Waals surface area (Å²) < 4.78 is 0. The zero-order chi connectivity index (χ0) is 9.84. The van der Waals surface area contributed by atoms with Gasteiger partial charge in [0.05, 0.1) is 0 Å². The largest absolute Gasteiger partial charge is 0.303 e. The van der Waals surface area contributed by atoms with E-state index in [-0.39, 0.29) is 5.92 Å². The van der Waals surface area contributed by atoms with E-state index in [2.05, 4.69) is 20.8 Å². The summed E-state index contributed by atoms with van der Waals surface area (Å²) in [5.74, 6) is 2.70. The molecule has 0 N–H and O–H groups in total. The van der Waals surface area contributed by atoms with Crippen LogP contribution in [0.4, 0.5) is 0 Å². The van der Waals surface area contributed by atoms with Gasteiger partial charge in [0.2, 0.25) is 0 Å². The van der Waals surface area contributed by atoms with Gasteiger partial charge in [-0.2, -0.15) is 0 Å². The minimum absolute atomic E-state index is 0.285. The number of rotatable bonds is 3. The van der Waals surface area contributed by atoms with E-state index < -0.39 is 0 Å². The van der Waals surface area contributed by atoms with Crippen LogP contribution in [0.5, 0.6) is 0 Å². The molecule has 0 saturated heterocycles. The Labute approximate surface area is 81.9 Å². The predicted molar refractivity (Wildman–Crippen MR) is 55.5 cm³/mol. The molecule has 1 aliphatic rings. The fraction of sp³-hybridized carbons (Fsp3) is 0.917. The fourth-order valence-corrected chi connectivity index (χ4v) is 2.45. The first kappa shape index (κ1) is 10.7. The van der Waals surface area contributed by atoms with Crippen LogP contribution in [0.15, 0.2) is 0 Å². The van der Waals surface area contributed by atoms with Crippen LogP contribution in [0.25, 0.3) is 0 Å². The highest BCUT2D eigenvalue weighted by Crippen LogP contribution is 2.35. The second-order valence-electron chi connectivity index (χ2n) is 4.91. The van der Waals surface area contributed by atoms with E-state index in [0.717, 1.165) is 18.1 Å². The van der Waals surface area contributed by atoms with Gasteiger partial charge in [0, 0.05) is 5.92 Å². The minimum Gasteiger partial charge on any atom is -0.303 e. The maximum Gasteiger partial charge on any atom is 0.123 e. The Balaban J connectivity index is 2.34. The molecule has 1 fully saturated rings. The molecule has 1 heteroatoms. The molecule has 1 aliphatic carbocycles. The minimum atomic E-state index is 0.285. The van der Waals surface area contributed by atoms with Crippen molar-refractivity contribution in [2.24, 2.45) is 23.7 Å². The quantitative estimate of drug-likeness (QED) is 0.612. The maximum absolute atomic E-state index is 10.6. The normalized spacial score (nSPS) is 31.7. The van der Waals surface area contributed by atoms with E-state index in [4.69, 9.17) is 0 Å². The van der Waals surface area contributed by atoms with Gasteiger partial charge in [0.1, 0.15) is 6.29 Å². The molecule has 0 aromatic carbocycles. The van der Waals surface area contributed by atoms with E-state index in [1.165, 1.54) is 25.7 Å². The highest BCUT2D eigenvalue weighted by atomic mass is 16.1. The molecule has 1 unspecified atom stereocenters. The number of aldehydes is 1. The molecule has 0 amide bonds. The Morgan fingerprint density at radius 2 is 1.46 bits per heavy atom. The van der Waals surface area contributed by atoms with Crippen molar-refractivity contribution in [2.45, 2.75) is 46.5 Å². The topological polar surface area (TPSA) is 17.1 Å². The Morgan fingerprint density at radius 3 is 1.85 bits per heavy atom. The summed E-state index contributed by atoms with van der Waals surface area (Å²) >= 11 is 0. The monoisotopic (exact) mass is 182 g/mol. The molecule has 0 aliphatic heterocycles. The number of carbonyl (C=O) groups is 1. The molecule has 0 radical (unpaired) electrons. The molecule has 0 heterocycles. The van der Waals surface area contributed by atoms with Gasteiger partial charge in [-0.25, -0.2) is 0 Å². The van der Waals surface area contributed by atoms with Gasteiger partial charge in [-0.1, -0.05) is 20.8 Å². The standard InChI is InChI=1S/C12H22O/c1-9(2)11-4-6-12(7-5-11)10(3)8-13/h8-12H,4-7H2,1-3H3. The maximum atomic E-state index is 10.6. The molecule has 0 aromatic rings. The predicted octanol–water partition coefficient (Wildman–Crippen LogP) is 3.28. The van der Waals surface area contributed by atoms with Gasteiger partial charge in [0.25, 0.3) is 0 Å². The van der Waals surface area contributed by atoms with E-state index in [0.29, 0.717) is 5.92 Å². The molecule has 76 valence electrons. The smallest absolute Gasteiger partial charge is 0.123 e. The molecule has 0 spiro atoms. The molecular weight excluding hydrogens is 160 g/mol. The zero-order valence-corrected chi connectivity index (χ0v) is 9.12. The van der Waals surface area contributed by atoms with E-state index in [1.807, 2.05) is 0 Å². The number of hydrogen-bond acceptors (Lipinski definition) is 1. The Morgan fingerprint density at radius 1 is 1.00 bits per heavy atom. The van der Waals surface area contributed by atoms with Gasteiger partial charge < -0.3 is 4.79 Å². The van der Waals surface area contributed by atoms with Gasteiger partial charge >= 0.3 is 0 Å². The molecule has 1 saturated carbocycles. The van der Waals surface area contributed by atoms with Crippen LogP contribution >= 0.6 is 0 Å². The highest BCUT2D eigenvalue weighted by molar-refractivity contribution is 5.53. The molecule has 0 bridgehead atoms. The van der Waals surface area contributed by atoms with Crippen molar-refractivity contribution in [2.75, 3.05) is 0 Å². The van der Waals surface area contributed by atoms with Crippen molar-refractivity contribution < 1.29 is 4.79 Å². The summed E-state index contributed by atoms with van der Waals surface area (Å²) in [7, 11) is 0. The molecule has 1 rings (SSSR count). The number of hydrogen-bond donors (Lipinski definition) is 0. The molecule has 13 heavy (non-hydrogen) atoms. The van der Waals surface area contributed by atoms with Crippen molar-refractivity contribution in [3.05, 3.63) is 0 Å². The third kappa shape index (κ3) is 2.82. The van der Waals surface area contributed by atoms with Gasteiger partial charge in [-0.05, 0) is 43.4 Å². The lowest BCUT2D eigenvalue weighted by Gasteiger charge is -2.32. The van der Waals surface area contributed by atoms with Crippen molar-refractivity contribution in [3.8, 4) is 0 Å². The van der Waals surface area contributed by atoms with Crippen LogP contribution in [-0.2, 0) is 4.79 Å². The number of carbonyl (C=O) groups excluding carboxylic acids is 1. The average molecular weight is 182 g/mol. The molecule has 0 aromatic heterocycles. The Kier molecular flexibility index (Phi) is 3.95. The first-order valence-corrected chi connectivity index (χ1v) is 5.60. The molecule has 1 atom stereocenters. The lowest BCUT2D eigenvalue weighted by atomic mass is 9.73. The summed E-state index contributed by atoms with van der Waals surface area (Å²) in [5, 5.41) is 0. The highest BCUT2D eigenvalue weighted by Gasteiger charge is 2.26. The second kappa shape index (κ2) is 4.78. The first-order chi connectivity index (χ1) is 6.15. The zero-order valence-electron chi connectivity index (χ0n) is 9.12. The lowest BCUT2D eigenvalue weighted by molar-refractivity contribution is -0.112. The molecule has 1 nitrogen and oxygen atoms in total. The van der Waals surface area contributed by atoms with E-state index in [1.54, 1.807) is 0 Å². The Hall–Kier alpha value is -0.330. The van der Waals surface area contributed by atoms with Crippen LogP contribution in [0.3, 0.4) is 0 Å². The first-order valence-electron chi connectivity index (χ1n) is 5.60. The summed E-state index contributed by atoms with van der Waals surface area (Å²) in [6.45, 7) is 6.69. The second-order valence-corrected chi connectivity index (χ2v) is 4.91.